The highest BCUT2D eigenvalue weighted by Gasteiger charge is 2.52. The van der Waals surface area contributed by atoms with E-state index >= 15 is 0 Å². The van der Waals surface area contributed by atoms with Crippen molar-refractivity contribution in [3.63, 3.8) is 0 Å². The molecule has 150 valence electrons. The average molecular weight is 409 g/mol. The van der Waals surface area contributed by atoms with Crippen LogP contribution in [-0.4, -0.2) is 30.5 Å². The SMILES string of the molecule is Cc1cc(C)n2nc(C(=O)Nc3nc(C45CC6CC(CC(C6)C4)C5)cs3)nc2n1. The standard InChI is InChI=1S/C21H24N6OS/c1-11-3-12(2)27-19(22-11)24-17(26-27)18(28)25-20-23-16(10-29-20)21-7-13-4-14(8-21)6-15(5-13)9-21/h3,10,13-15H,4-9H2,1-2H3,(H,23,25,28). The predicted octanol–water partition coefficient (Wildman–Crippen LogP) is 3.92. The zero-order valence-corrected chi connectivity index (χ0v) is 17.5. The van der Waals surface area contributed by atoms with Crippen molar-refractivity contribution in [2.45, 2.75) is 57.8 Å². The second-order valence-electron chi connectivity index (χ2n) is 9.38. The summed E-state index contributed by atoms with van der Waals surface area (Å²) < 4.78 is 1.60. The Kier molecular flexibility index (Phi) is 3.67. The zero-order valence-electron chi connectivity index (χ0n) is 16.7. The Morgan fingerprint density at radius 3 is 2.48 bits per heavy atom. The Labute approximate surface area is 173 Å². The predicted molar refractivity (Wildman–Crippen MR) is 110 cm³/mol. The highest BCUT2D eigenvalue weighted by molar-refractivity contribution is 7.14. The van der Waals surface area contributed by atoms with Gasteiger partial charge in [0.1, 0.15) is 0 Å². The van der Waals surface area contributed by atoms with Crippen LogP contribution in [0.2, 0.25) is 0 Å². The molecule has 0 radical (unpaired) electrons. The van der Waals surface area contributed by atoms with E-state index in [1.807, 2.05) is 19.9 Å². The summed E-state index contributed by atoms with van der Waals surface area (Å²) in [6.07, 6.45) is 8.07. The van der Waals surface area contributed by atoms with Gasteiger partial charge in [-0.1, -0.05) is 0 Å². The van der Waals surface area contributed by atoms with E-state index in [1.54, 1.807) is 4.52 Å². The molecular weight excluding hydrogens is 384 g/mol. The van der Waals surface area contributed by atoms with E-state index in [9.17, 15) is 4.79 Å². The topological polar surface area (TPSA) is 85.1 Å². The molecule has 7 rings (SSSR count). The molecule has 1 amide bonds. The van der Waals surface area contributed by atoms with Crippen LogP contribution >= 0.6 is 11.3 Å². The third-order valence-electron chi connectivity index (χ3n) is 7.13. The van der Waals surface area contributed by atoms with Crippen LogP contribution in [0.15, 0.2) is 11.4 Å². The Hall–Kier alpha value is -2.35. The molecule has 3 heterocycles. The zero-order chi connectivity index (χ0) is 19.8. The number of hydrogen-bond acceptors (Lipinski definition) is 6. The number of thiazole rings is 1. The van der Waals surface area contributed by atoms with Gasteiger partial charge in [0, 0.05) is 22.2 Å². The number of hydrogen-bond donors (Lipinski definition) is 1. The molecule has 0 atom stereocenters. The average Bonchev–Trinajstić information content (AvgIpc) is 3.28. The minimum absolute atomic E-state index is 0.123. The van der Waals surface area contributed by atoms with Crippen molar-refractivity contribution in [1.82, 2.24) is 24.6 Å². The van der Waals surface area contributed by atoms with Gasteiger partial charge in [-0.3, -0.25) is 10.1 Å². The highest BCUT2D eigenvalue weighted by Crippen LogP contribution is 2.60. The summed E-state index contributed by atoms with van der Waals surface area (Å²) >= 11 is 1.51. The van der Waals surface area contributed by atoms with Gasteiger partial charge in [-0.2, -0.15) is 4.98 Å². The number of fused-ring (bicyclic) bond motifs is 1. The van der Waals surface area contributed by atoms with E-state index in [-0.39, 0.29) is 17.1 Å². The molecule has 4 aliphatic carbocycles. The fraction of sp³-hybridized carbons (Fsp3) is 0.571. The van der Waals surface area contributed by atoms with Crippen LogP contribution in [0.3, 0.4) is 0 Å². The molecule has 0 unspecified atom stereocenters. The first-order chi connectivity index (χ1) is 14.0. The van der Waals surface area contributed by atoms with Gasteiger partial charge in [0.15, 0.2) is 5.13 Å². The molecule has 0 saturated heterocycles. The van der Waals surface area contributed by atoms with Crippen LogP contribution in [0.1, 0.15) is 66.2 Å². The molecule has 3 aromatic heterocycles. The lowest BCUT2D eigenvalue weighted by Crippen LogP contribution is -2.48. The molecule has 7 nitrogen and oxygen atoms in total. The second kappa shape index (κ2) is 6.08. The summed E-state index contributed by atoms with van der Waals surface area (Å²) in [5, 5.41) is 10.0. The third-order valence-corrected chi connectivity index (χ3v) is 7.89. The summed E-state index contributed by atoms with van der Waals surface area (Å²) in [7, 11) is 0. The van der Waals surface area contributed by atoms with Crippen LogP contribution in [-0.2, 0) is 5.41 Å². The molecule has 29 heavy (non-hydrogen) atoms. The van der Waals surface area contributed by atoms with Crippen LogP contribution in [0.4, 0.5) is 5.13 Å². The number of nitrogens with one attached hydrogen (secondary N) is 1. The molecule has 8 heteroatoms. The third kappa shape index (κ3) is 2.79. The lowest BCUT2D eigenvalue weighted by molar-refractivity contribution is -0.00688. The second-order valence-corrected chi connectivity index (χ2v) is 10.2. The first kappa shape index (κ1) is 17.5. The van der Waals surface area contributed by atoms with E-state index in [2.05, 4.69) is 25.8 Å². The maximum atomic E-state index is 12.7. The van der Waals surface area contributed by atoms with Gasteiger partial charge in [-0.25, -0.2) is 14.5 Å². The van der Waals surface area contributed by atoms with Crippen molar-refractivity contribution in [2.75, 3.05) is 5.32 Å². The lowest BCUT2D eigenvalue weighted by Gasteiger charge is -2.56. The largest absolute Gasteiger partial charge is 0.297 e. The van der Waals surface area contributed by atoms with Crippen molar-refractivity contribution >= 4 is 28.2 Å². The first-order valence-corrected chi connectivity index (χ1v) is 11.3. The summed E-state index contributed by atoms with van der Waals surface area (Å²) in [5.74, 6) is 2.87. The quantitative estimate of drug-likeness (QED) is 0.710. The molecule has 0 aliphatic heterocycles. The van der Waals surface area contributed by atoms with Crippen LogP contribution in [0.5, 0.6) is 0 Å². The minimum atomic E-state index is -0.334. The molecule has 1 N–H and O–H groups in total. The van der Waals surface area contributed by atoms with Gasteiger partial charge in [0.05, 0.1) is 5.69 Å². The van der Waals surface area contributed by atoms with Crippen LogP contribution in [0.25, 0.3) is 5.78 Å². The Balaban J connectivity index is 1.25. The summed E-state index contributed by atoms with van der Waals surface area (Å²) in [5.41, 5.74) is 3.19. The fourth-order valence-corrected chi connectivity index (χ4v) is 7.24. The molecule has 4 bridgehead atoms. The Bertz CT molecular complexity index is 1100. The van der Waals surface area contributed by atoms with E-state index in [0.29, 0.717) is 10.9 Å². The molecular formula is C21H24N6OS. The first-order valence-electron chi connectivity index (χ1n) is 10.5. The summed E-state index contributed by atoms with van der Waals surface area (Å²) in [4.78, 5) is 26.2. The van der Waals surface area contributed by atoms with E-state index in [1.165, 1.54) is 55.6 Å². The number of anilines is 1. The number of aromatic nitrogens is 5. The molecule has 0 spiro atoms. The number of carbonyl (C=O) groups excluding carboxylic acids is 1. The van der Waals surface area contributed by atoms with Crippen molar-refractivity contribution in [3.8, 4) is 0 Å². The van der Waals surface area contributed by atoms with Gasteiger partial charge in [-0.05, 0) is 76.2 Å². The molecule has 4 saturated carbocycles. The maximum Gasteiger partial charge on any atom is 0.297 e. The number of carbonyl (C=O) groups is 1. The van der Waals surface area contributed by atoms with E-state index < -0.39 is 0 Å². The van der Waals surface area contributed by atoms with Gasteiger partial charge < -0.3 is 0 Å². The normalized spacial score (nSPS) is 30.2. The van der Waals surface area contributed by atoms with E-state index in [4.69, 9.17) is 4.98 Å². The van der Waals surface area contributed by atoms with Crippen molar-refractivity contribution in [1.29, 1.82) is 0 Å². The van der Waals surface area contributed by atoms with Crippen molar-refractivity contribution in [2.24, 2.45) is 17.8 Å². The fourth-order valence-electron chi connectivity index (χ4n) is 6.41. The van der Waals surface area contributed by atoms with Gasteiger partial charge >= 0.3 is 0 Å². The smallest absolute Gasteiger partial charge is 0.295 e. The molecule has 0 aromatic carbocycles. The van der Waals surface area contributed by atoms with Gasteiger partial charge in [0.2, 0.25) is 5.82 Å². The highest BCUT2D eigenvalue weighted by atomic mass is 32.1. The number of amides is 1. The van der Waals surface area contributed by atoms with Crippen LogP contribution in [0, 0.1) is 31.6 Å². The molecule has 3 aromatic rings. The van der Waals surface area contributed by atoms with Crippen LogP contribution < -0.4 is 5.32 Å². The Morgan fingerprint density at radius 2 is 1.79 bits per heavy atom. The number of aryl methyl sites for hydroxylation is 2. The lowest BCUT2D eigenvalue weighted by atomic mass is 9.49. The Morgan fingerprint density at radius 1 is 1.10 bits per heavy atom. The monoisotopic (exact) mass is 408 g/mol. The summed E-state index contributed by atoms with van der Waals surface area (Å²) in [6, 6.07) is 1.92. The van der Waals surface area contributed by atoms with Gasteiger partial charge in [0.25, 0.3) is 11.7 Å². The van der Waals surface area contributed by atoms with Crippen molar-refractivity contribution < 1.29 is 4.79 Å². The number of rotatable bonds is 3. The number of nitrogens with zero attached hydrogens (tertiary/aromatic N) is 5. The maximum absolute atomic E-state index is 12.7. The minimum Gasteiger partial charge on any atom is -0.295 e. The van der Waals surface area contributed by atoms with Gasteiger partial charge in [-0.15, -0.1) is 16.4 Å². The van der Waals surface area contributed by atoms with E-state index in [0.717, 1.165) is 29.1 Å². The molecule has 4 fully saturated rings. The van der Waals surface area contributed by atoms with Crippen molar-refractivity contribution in [3.05, 3.63) is 34.4 Å². The molecule has 4 aliphatic rings. The summed E-state index contributed by atoms with van der Waals surface area (Å²) in [6.45, 7) is 3.83.